The van der Waals surface area contributed by atoms with E-state index in [0.29, 0.717) is 42.8 Å². The number of H-pyrrole nitrogens is 2. The number of aromatic amines is 2. The number of thioether (sulfide) groups is 1. The van der Waals surface area contributed by atoms with Gasteiger partial charge in [0.25, 0.3) is 0 Å². The Morgan fingerprint density at radius 2 is 1.17 bits per heavy atom. The topological polar surface area (TPSA) is 545 Å². The molecule has 520 valence electrons. The molecule has 34 nitrogen and oxygen atoms in total. The van der Waals surface area contributed by atoms with E-state index in [0.717, 1.165) is 0 Å². The van der Waals surface area contributed by atoms with Crippen LogP contribution >= 0.6 is 11.8 Å². The van der Waals surface area contributed by atoms with Gasteiger partial charge in [0.2, 0.25) is 76.8 Å². The Hall–Kier alpha value is -9.41. The van der Waals surface area contributed by atoms with Crippen LogP contribution < -0.4 is 81.8 Å². The number of carbonyl (C=O) groups excluding carboxylic acids is 13. The fourth-order valence-corrected chi connectivity index (χ4v) is 10.4. The number of carbonyl (C=O) groups is 13. The van der Waals surface area contributed by atoms with E-state index < -0.39 is 150 Å². The van der Waals surface area contributed by atoms with Crippen molar-refractivity contribution >= 4 is 94.5 Å². The standard InChI is InChI=1S/C59H95N21O13S/c1-7-14-37(51(86)77-44(27-36-29-66-32-70-36)56(91)79-48(49(62)84)33(4)9-3)72-47(83)30-68-50(85)40(19-20-46(61)82)75-55(90)43(26-35-28-65-31-69-35)78-57(92)45-18-13-24-80(45)58(93)42(16-10-11-22-60)76-52(87)38(15-8-2)73-53(88)39(17-12-23-67-59(63)64)74-54(89)41(21-25-94-6)71-34(5)81/h7-8,28-29,31-33,37-45,48H,1-2,9-27,30,60H2,3-6H3,(H2,61,82)(H2,62,84)(H,65,69)(H,66,70)(H,68,85)(H,71,81)(H,72,83)(H,73,88)(H,74,89)(H,75,90)(H,76,87)(H,77,86)(H,78,92)(H,79,91)(H4,63,64,67)/t33-,37-,38-,39-,40-,41-,42-,43-,44-,45-,48-/m0/s1. The molecular formula is C59H95N21O13S. The van der Waals surface area contributed by atoms with E-state index in [9.17, 15) is 62.3 Å². The summed E-state index contributed by atoms with van der Waals surface area (Å²) < 4.78 is 0. The molecule has 11 atom stereocenters. The van der Waals surface area contributed by atoms with Crippen molar-refractivity contribution in [1.82, 2.24) is 78.0 Å². The SMILES string of the molecule is C=CC[C@H](NC(=O)CNC(=O)[C@H](CCC(N)=O)NC(=O)[C@H](Cc1cnc[nH]1)NC(=O)[C@@H]1CCCN1C(=O)[C@H](CCCCN)NC(=O)[C@H](CC=C)NC(=O)[C@H](CCCN=C(N)N)NC(=O)[C@H](CCSC)NC(C)=O)C(=O)N[C@@H](Cc1cnc[nH]1)C(=O)N[C@H](C(N)=O)[C@@H](C)CC. The zero-order valence-electron chi connectivity index (χ0n) is 53.8. The minimum atomic E-state index is -1.56. The number of primary amides is 2. The maximum Gasteiger partial charge on any atom is 0.245 e. The monoisotopic (exact) mass is 1340 g/mol. The predicted molar refractivity (Wildman–Crippen MR) is 348 cm³/mol. The predicted octanol–water partition coefficient (Wildman–Crippen LogP) is -4.71. The van der Waals surface area contributed by atoms with E-state index >= 15 is 0 Å². The van der Waals surface area contributed by atoms with E-state index in [4.69, 9.17) is 28.7 Å². The van der Waals surface area contributed by atoms with E-state index in [1.54, 1.807) is 13.8 Å². The lowest BCUT2D eigenvalue weighted by atomic mass is 9.98. The molecule has 0 radical (unpaired) electrons. The third kappa shape index (κ3) is 27.8. The molecule has 0 spiro atoms. The van der Waals surface area contributed by atoms with Gasteiger partial charge in [0.15, 0.2) is 5.96 Å². The van der Waals surface area contributed by atoms with Gasteiger partial charge in [-0.3, -0.25) is 67.3 Å². The van der Waals surface area contributed by atoms with Gasteiger partial charge in [-0.25, -0.2) is 9.97 Å². The number of aliphatic imine (C=N–C) groups is 1. The van der Waals surface area contributed by atoms with Gasteiger partial charge in [-0.15, -0.1) is 13.2 Å². The maximum absolute atomic E-state index is 14.7. The van der Waals surface area contributed by atoms with Crippen molar-refractivity contribution in [2.45, 2.75) is 178 Å². The van der Waals surface area contributed by atoms with Gasteiger partial charge in [0, 0.05) is 63.1 Å². The summed E-state index contributed by atoms with van der Waals surface area (Å²) in [5.74, 6) is -10.3. The summed E-state index contributed by atoms with van der Waals surface area (Å²) in [6.07, 6.45) is 10.8. The van der Waals surface area contributed by atoms with Crippen LogP contribution in [-0.2, 0) is 75.2 Å². The molecule has 3 rings (SSSR count). The molecule has 0 bridgehead atoms. The third-order valence-electron chi connectivity index (χ3n) is 15.1. The summed E-state index contributed by atoms with van der Waals surface area (Å²) in [6, 6.07) is -12.8. The molecule has 1 fully saturated rings. The average Bonchev–Trinajstić information content (AvgIpc) is 1.61. The number of nitrogens with two attached hydrogens (primary N) is 5. The van der Waals surface area contributed by atoms with Crippen LogP contribution in [0.15, 0.2) is 55.4 Å². The van der Waals surface area contributed by atoms with Crippen LogP contribution in [0.3, 0.4) is 0 Å². The first-order valence-corrected chi connectivity index (χ1v) is 32.4. The third-order valence-corrected chi connectivity index (χ3v) is 15.8. The number of hydrogen-bond donors (Lipinski definition) is 17. The summed E-state index contributed by atoms with van der Waals surface area (Å²) >= 11 is 1.45. The Bertz CT molecular complexity index is 2910. The summed E-state index contributed by atoms with van der Waals surface area (Å²) in [7, 11) is 0. The van der Waals surface area contributed by atoms with Crippen molar-refractivity contribution in [1.29, 1.82) is 0 Å². The minimum absolute atomic E-state index is 0.00705. The van der Waals surface area contributed by atoms with Crippen molar-refractivity contribution in [2.24, 2.45) is 39.6 Å². The normalized spacial score (nSPS) is 15.8. The van der Waals surface area contributed by atoms with Gasteiger partial charge in [-0.1, -0.05) is 32.4 Å². The number of amides is 13. The number of rotatable bonds is 45. The molecule has 0 saturated carbocycles. The zero-order chi connectivity index (χ0) is 69.9. The molecule has 13 amide bonds. The van der Waals surface area contributed by atoms with Crippen molar-refractivity contribution in [3.05, 3.63) is 61.7 Å². The van der Waals surface area contributed by atoms with Crippen molar-refractivity contribution in [2.75, 3.05) is 38.2 Å². The molecule has 94 heavy (non-hydrogen) atoms. The van der Waals surface area contributed by atoms with Crippen LogP contribution in [0.25, 0.3) is 0 Å². The Labute approximate surface area is 549 Å². The summed E-state index contributed by atoms with van der Waals surface area (Å²) in [6.45, 7) is 11.8. The van der Waals surface area contributed by atoms with Gasteiger partial charge in [-0.05, 0) is 95.1 Å². The summed E-state index contributed by atoms with van der Waals surface area (Å²) in [5.41, 5.74) is 28.7. The van der Waals surface area contributed by atoms with Gasteiger partial charge in [0.1, 0.15) is 60.4 Å². The van der Waals surface area contributed by atoms with E-state index in [2.05, 4.69) is 91.3 Å². The summed E-state index contributed by atoms with van der Waals surface area (Å²) in [5, 5.41) is 26.0. The largest absolute Gasteiger partial charge is 0.370 e. The van der Waals surface area contributed by atoms with Gasteiger partial charge in [-0.2, -0.15) is 11.8 Å². The van der Waals surface area contributed by atoms with Crippen LogP contribution in [0.5, 0.6) is 0 Å². The average molecular weight is 1340 g/mol. The smallest absolute Gasteiger partial charge is 0.245 e. The lowest BCUT2D eigenvalue weighted by molar-refractivity contribution is -0.142. The molecule has 2 aromatic heterocycles. The second kappa shape index (κ2) is 41.9. The van der Waals surface area contributed by atoms with Crippen LogP contribution in [0.2, 0.25) is 0 Å². The van der Waals surface area contributed by atoms with Gasteiger partial charge in [0.05, 0.1) is 19.2 Å². The molecule has 22 N–H and O–H groups in total. The fraction of sp³-hybridized carbons (Fsp3) is 0.593. The highest BCUT2D eigenvalue weighted by atomic mass is 32.2. The number of nitrogens with one attached hydrogen (secondary N) is 12. The highest BCUT2D eigenvalue weighted by Gasteiger charge is 2.41. The molecule has 2 aromatic rings. The number of hydrogen-bond acceptors (Lipinski definition) is 18. The molecule has 0 aliphatic carbocycles. The molecule has 1 aliphatic heterocycles. The highest BCUT2D eigenvalue weighted by Crippen LogP contribution is 2.21. The molecule has 3 heterocycles. The van der Waals surface area contributed by atoms with Crippen LogP contribution in [-0.4, -0.2) is 206 Å². The van der Waals surface area contributed by atoms with Crippen LogP contribution in [0.1, 0.15) is 116 Å². The number of guanidine groups is 1. The zero-order valence-corrected chi connectivity index (χ0v) is 54.6. The first-order chi connectivity index (χ1) is 44.8. The molecule has 0 unspecified atom stereocenters. The Balaban J connectivity index is 1.84. The van der Waals surface area contributed by atoms with Crippen molar-refractivity contribution < 1.29 is 62.3 Å². The van der Waals surface area contributed by atoms with E-state index in [-0.39, 0.29) is 95.7 Å². The Kier molecular flexibility index (Phi) is 35.2. The molecular weight excluding hydrogens is 1240 g/mol. The minimum Gasteiger partial charge on any atom is -0.370 e. The second-order valence-corrected chi connectivity index (χ2v) is 23.5. The second-order valence-electron chi connectivity index (χ2n) is 22.6. The first kappa shape index (κ1) is 78.8. The highest BCUT2D eigenvalue weighted by molar-refractivity contribution is 7.98. The number of nitrogens with zero attached hydrogens (tertiary/aromatic N) is 4. The van der Waals surface area contributed by atoms with Crippen molar-refractivity contribution in [3.63, 3.8) is 0 Å². The lowest BCUT2D eigenvalue weighted by Crippen LogP contribution is -2.60. The first-order valence-electron chi connectivity index (χ1n) is 31.0. The number of likely N-dealkylation sites (tertiary alicyclic amines) is 1. The van der Waals surface area contributed by atoms with Gasteiger partial charge >= 0.3 is 0 Å². The maximum atomic E-state index is 14.7. The molecule has 0 aromatic carbocycles. The van der Waals surface area contributed by atoms with Crippen LogP contribution in [0, 0.1) is 5.92 Å². The fourth-order valence-electron chi connectivity index (χ4n) is 9.93. The molecule has 1 aliphatic rings. The number of unbranched alkanes of at least 4 members (excludes halogenated alkanes) is 1. The van der Waals surface area contributed by atoms with Crippen molar-refractivity contribution in [3.8, 4) is 0 Å². The van der Waals surface area contributed by atoms with Gasteiger partial charge < -0.3 is 96.7 Å². The summed E-state index contributed by atoms with van der Waals surface area (Å²) in [4.78, 5) is 196. The molecule has 35 heteroatoms. The lowest BCUT2D eigenvalue weighted by Gasteiger charge is -2.31. The quantitative estimate of drug-likeness (QED) is 0.0128. The number of imidazole rings is 2. The van der Waals surface area contributed by atoms with E-state index in [1.807, 2.05) is 6.26 Å². The Morgan fingerprint density at radius 3 is 1.69 bits per heavy atom. The number of aromatic nitrogens is 4. The van der Waals surface area contributed by atoms with E-state index in [1.165, 1.54) is 60.8 Å². The van der Waals surface area contributed by atoms with Crippen LogP contribution in [0.4, 0.5) is 0 Å². The molecule has 1 saturated heterocycles. The Morgan fingerprint density at radius 1 is 0.660 bits per heavy atom.